The number of hydrogen-bond donors (Lipinski definition) is 1. The zero-order chi connectivity index (χ0) is 27.3. The van der Waals surface area contributed by atoms with Crippen molar-refractivity contribution in [2.45, 2.75) is 73.3 Å². The molecule has 0 saturated carbocycles. The van der Waals surface area contributed by atoms with E-state index in [1.807, 2.05) is 0 Å². The van der Waals surface area contributed by atoms with Crippen molar-refractivity contribution in [2.75, 3.05) is 5.32 Å². The van der Waals surface area contributed by atoms with Crippen LogP contribution in [-0.2, 0) is 5.54 Å². The van der Waals surface area contributed by atoms with Crippen LogP contribution in [0.2, 0.25) is 0 Å². The summed E-state index contributed by atoms with van der Waals surface area (Å²) in [6.45, 7) is 15.6. The molecule has 0 radical (unpaired) electrons. The van der Waals surface area contributed by atoms with Gasteiger partial charge in [0.25, 0.3) is 0 Å². The molecule has 4 aromatic rings. The molecule has 0 aliphatic heterocycles. The van der Waals surface area contributed by atoms with Crippen molar-refractivity contribution < 1.29 is 0 Å². The van der Waals surface area contributed by atoms with E-state index in [-0.39, 0.29) is 5.54 Å². The lowest BCUT2D eigenvalue weighted by molar-refractivity contribution is 0.428. The first kappa shape index (κ1) is 27.5. The number of aryl methyl sites for hydroxylation is 5. The number of anilines is 1. The predicted octanol–water partition coefficient (Wildman–Crippen LogP) is 10.3. The highest BCUT2D eigenvalue weighted by Crippen LogP contribution is 2.37. The normalized spacial score (nSPS) is 13.3. The lowest BCUT2D eigenvalue weighted by Gasteiger charge is -2.37. The van der Waals surface area contributed by atoms with E-state index >= 15 is 0 Å². The molecule has 0 amide bonds. The molecule has 0 spiro atoms. The average molecular weight is 502 g/mol. The highest BCUT2D eigenvalue weighted by molar-refractivity contribution is 5.92. The van der Waals surface area contributed by atoms with Gasteiger partial charge in [0, 0.05) is 5.69 Å². The van der Waals surface area contributed by atoms with Crippen LogP contribution in [0.3, 0.4) is 0 Å². The van der Waals surface area contributed by atoms with E-state index in [9.17, 15) is 0 Å². The molecule has 0 bridgehead atoms. The molecule has 196 valence electrons. The van der Waals surface area contributed by atoms with E-state index in [0.29, 0.717) is 0 Å². The molecule has 0 aromatic heterocycles. The van der Waals surface area contributed by atoms with E-state index in [1.54, 1.807) is 0 Å². The summed E-state index contributed by atoms with van der Waals surface area (Å²) >= 11 is 0. The summed E-state index contributed by atoms with van der Waals surface area (Å²) in [6.07, 6.45) is 5.58. The molecule has 1 nitrogen and oxygen atoms in total. The molecular formula is C37H43N. The standard InChI is InChI=1S/C37H43N/c1-8-21-37(9-2,38-36-29(6)23-27(4)24-30(36)7)33-18-16-31(17-19-33)25-35(32-13-11-10-12-14-32)34-20-15-26(3)22-28(34)5/h10-20,22-25,38H,8-9,21H2,1-7H3. The van der Waals surface area contributed by atoms with Gasteiger partial charge >= 0.3 is 0 Å². The second-order valence-corrected chi connectivity index (χ2v) is 10.9. The Morgan fingerprint density at radius 3 is 1.92 bits per heavy atom. The summed E-state index contributed by atoms with van der Waals surface area (Å²) in [5, 5.41) is 4.03. The van der Waals surface area contributed by atoms with Crippen LogP contribution in [0.1, 0.15) is 83.2 Å². The van der Waals surface area contributed by atoms with Gasteiger partial charge in [-0.25, -0.2) is 0 Å². The Morgan fingerprint density at radius 2 is 1.34 bits per heavy atom. The third kappa shape index (κ3) is 5.94. The number of nitrogens with one attached hydrogen (secondary N) is 1. The molecule has 1 N–H and O–H groups in total. The van der Waals surface area contributed by atoms with Crippen molar-refractivity contribution >= 4 is 17.3 Å². The molecule has 0 saturated heterocycles. The predicted molar refractivity (Wildman–Crippen MR) is 167 cm³/mol. The molecule has 0 aliphatic rings. The third-order valence-electron chi connectivity index (χ3n) is 7.85. The minimum atomic E-state index is -0.0996. The van der Waals surface area contributed by atoms with E-state index in [1.165, 1.54) is 61.3 Å². The summed E-state index contributed by atoms with van der Waals surface area (Å²) in [6, 6.07) is 31.3. The van der Waals surface area contributed by atoms with Crippen LogP contribution in [0.4, 0.5) is 5.69 Å². The minimum absolute atomic E-state index is 0.0996. The van der Waals surface area contributed by atoms with Crippen LogP contribution in [0, 0.1) is 34.6 Å². The zero-order valence-electron chi connectivity index (χ0n) is 24.3. The zero-order valence-corrected chi connectivity index (χ0v) is 24.3. The van der Waals surface area contributed by atoms with Crippen molar-refractivity contribution in [3.8, 4) is 0 Å². The highest BCUT2D eigenvalue weighted by Gasteiger charge is 2.30. The second kappa shape index (κ2) is 11.9. The molecule has 1 atom stereocenters. The largest absolute Gasteiger partial charge is 0.375 e. The fourth-order valence-electron chi connectivity index (χ4n) is 5.91. The Morgan fingerprint density at radius 1 is 0.711 bits per heavy atom. The van der Waals surface area contributed by atoms with Gasteiger partial charge < -0.3 is 5.32 Å². The fourth-order valence-corrected chi connectivity index (χ4v) is 5.91. The van der Waals surface area contributed by atoms with Crippen molar-refractivity contribution in [1.29, 1.82) is 0 Å². The van der Waals surface area contributed by atoms with Gasteiger partial charge in [-0.15, -0.1) is 0 Å². The molecule has 1 unspecified atom stereocenters. The Balaban J connectivity index is 1.76. The maximum absolute atomic E-state index is 4.03. The van der Waals surface area contributed by atoms with Crippen LogP contribution in [0.25, 0.3) is 11.6 Å². The van der Waals surface area contributed by atoms with Gasteiger partial charge in [0.05, 0.1) is 5.54 Å². The first-order valence-electron chi connectivity index (χ1n) is 14.1. The lowest BCUT2D eigenvalue weighted by Crippen LogP contribution is -2.35. The average Bonchev–Trinajstić information content (AvgIpc) is 2.90. The molecular weight excluding hydrogens is 458 g/mol. The lowest BCUT2D eigenvalue weighted by atomic mass is 9.81. The van der Waals surface area contributed by atoms with E-state index in [0.717, 1.165) is 19.3 Å². The summed E-state index contributed by atoms with van der Waals surface area (Å²) in [5.74, 6) is 0. The summed E-state index contributed by atoms with van der Waals surface area (Å²) in [5.41, 5.74) is 14.1. The number of rotatable bonds is 9. The molecule has 1 heteroatoms. The summed E-state index contributed by atoms with van der Waals surface area (Å²) in [7, 11) is 0. The fraction of sp³-hybridized carbons (Fsp3) is 0.297. The molecule has 4 aromatic carbocycles. The Bertz CT molecular complexity index is 1390. The smallest absolute Gasteiger partial charge is 0.0622 e. The van der Waals surface area contributed by atoms with Crippen molar-refractivity contribution in [1.82, 2.24) is 0 Å². The van der Waals surface area contributed by atoms with E-state index in [2.05, 4.69) is 145 Å². The first-order chi connectivity index (χ1) is 18.3. The van der Waals surface area contributed by atoms with Crippen LogP contribution in [0.5, 0.6) is 0 Å². The van der Waals surface area contributed by atoms with Crippen LogP contribution >= 0.6 is 0 Å². The summed E-state index contributed by atoms with van der Waals surface area (Å²) < 4.78 is 0. The van der Waals surface area contributed by atoms with Crippen LogP contribution in [0.15, 0.2) is 84.9 Å². The Labute approximate surface area is 230 Å². The molecule has 0 heterocycles. The van der Waals surface area contributed by atoms with Crippen molar-refractivity contribution in [3.63, 3.8) is 0 Å². The SMILES string of the molecule is CCCC(CC)(Nc1c(C)cc(C)cc1C)c1ccc(C=C(c2ccccc2)c2ccc(C)cc2C)cc1. The van der Waals surface area contributed by atoms with Gasteiger partial charge in [-0.3, -0.25) is 0 Å². The summed E-state index contributed by atoms with van der Waals surface area (Å²) in [4.78, 5) is 0. The van der Waals surface area contributed by atoms with Gasteiger partial charge in [-0.1, -0.05) is 116 Å². The molecule has 0 aliphatic carbocycles. The monoisotopic (exact) mass is 501 g/mol. The third-order valence-corrected chi connectivity index (χ3v) is 7.85. The van der Waals surface area contributed by atoms with E-state index in [4.69, 9.17) is 0 Å². The molecule has 4 rings (SSSR count). The van der Waals surface area contributed by atoms with E-state index < -0.39 is 0 Å². The first-order valence-corrected chi connectivity index (χ1v) is 14.1. The van der Waals surface area contributed by atoms with Gasteiger partial charge in [0.2, 0.25) is 0 Å². The Hall–Kier alpha value is -3.58. The van der Waals surface area contributed by atoms with Gasteiger partial charge in [0.1, 0.15) is 0 Å². The minimum Gasteiger partial charge on any atom is -0.375 e. The second-order valence-electron chi connectivity index (χ2n) is 10.9. The van der Waals surface area contributed by atoms with Crippen LogP contribution < -0.4 is 5.32 Å². The van der Waals surface area contributed by atoms with Gasteiger partial charge in [0.15, 0.2) is 0 Å². The maximum Gasteiger partial charge on any atom is 0.0622 e. The highest BCUT2D eigenvalue weighted by atomic mass is 15.0. The maximum atomic E-state index is 4.03. The van der Waals surface area contributed by atoms with Gasteiger partial charge in [-0.05, 0) is 98.1 Å². The Kier molecular flexibility index (Phi) is 8.57. The van der Waals surface area contributed by atoms with Crippen molar-refractivity contribution in [2.24, 2.45) is 0 Å². The number of benzene rings is 4. The molecule has 38 heavy (non-hydrogen) atoms. The van der Waals surface area contributed by atoms with Gasteiger partial charge in [-0.2, -0.15) is 0 Å². The topological polar surface area (TPSA) is 12.0 Å². The quantitative estimate of drug-likeness (QED) is 0.225. The van der Waals surface area contributed by atoms with Crippen LogP contribution in [-0.4, -0.2) is 0 Å². The van der Waals surface area contributed by atoms with Crippen molar-refractivity contribution in [3.05, 3.63) is 135 Å². The molecule has 0 fully saturated rings. The number of hydrogen-bond acceptors (Lipinski definition) is 1.